The van der Waals surface area contributed by atoms with Crippen LogP contribution in [0.3, 0.4) is 0 Å². The van der Waals surface area contributed by atoms with Gasteiger partial charge in [0.2, 0.25) is 15.8 Å². The molecule has 0 bridgehead atoms. The number of benzene rings is 2. The summed E-state index contributed by atoms with van der Waals surface area (Å²) in [7, 11) is 0.637. The fourth-order valence-corrected chi connectivity index (χ4v) is 3.21. The van der Waals surface area contributed by atoms with Gasteiger partial charge in [0.05, 0.1) is 17.6 Å². The van der Waals surface area contributed by atoms with Crippen molar-refractivity contribution in [2.24, 2.45) is 0 Å². The monoisotopic (exact) mass is 391 g/mol. The predicted octanol–water partition coefficient (Wildman–Crippen LogP) is 2.37. The maximum absolute atomic E-state index is 12.4. The summed E-state index contributed by atoms with van der Waals surface area (Å²) in [5.41, 5.74) is 0.423. The second-order valence-corrected chi connectivity index (χ2v) is 8.11. The summed E-state index contributed by atoms with van der Waals surface area (Å²) in [6.07, 6.45) is -1.03. The van der Waals surface area contributed by atoms with Gasteiger partial charge in [-0.05, 0) is 49.4 Å². The first kappa shape index (κ1) is 20.6. The van der Waals surface area contributed by atoms with Crippen LogP contribution in [0.25, 0.3) is 0 Å². The molecule has 0 N–H and O–H groups in total. The van der Waals surface area contributed by atoms with E-state index in [1.165, 1.54) is 52.4 Å². The third kappa shape index (κ3) is 4.72. The van der Waals surface area contributed by atoms with Gasteiger partial charge in [0.15, 0.2) is 6.10 Å². The molecule has 1 unspecified atom stereocenters. The smallest absolute Gasteiger partial charge is 0.338 e. The number of nitrogens with zero attached hydrogens (tertiary/aromatic N) is 1. The van der Waals surface area contributed by atoms with Crippen molar-refractivity contribution in [2.75, 3.05) is 21.2 Å². The topological polar surface area (TPSA) is 90.0 Å². The number of ketones is 1. The number of sulfonamides is 1. The second kappa shape index (κ2) is 8.32. The maximum Gasteiger partial charge on any atom is 0.338 e. The molecule has 0 aliphatic carbocycles. The van der Waals surface area contributed by atoms with Crippen LogP contribution in [-0.4, -0.2) is 51.8 Å². The molecular weight excluding hydrogens is 370 g/mol. The highest BCUT2D eigenvalue weighted by Crippen LogP contribution is 2.17. The van der Waals surface area contributed by atoms with Crippen LogP contribution < -0.4 is 4.74 Å². The Kier molecular flexibility index (Phi) is 6.35. The molecule has 0 aliphatic heterocycles. The Labute approximate surface area is 158 Å². The number of methoxy groups -OCH3 is 1. The van der Waals surface area contributed by atoms with Crippen molar-refractivity contribution in [3.05, 3.63) is 59.7 Å². The van der Waals surface area contributed by atoms with Crippen LogP contribution in [0, 0.1) is 0 Å². The third-order valence-electron chi connectivity index (χ3n) is 3.88. The zero-order valence-corrected chi connectivity index (χ0v) is 16.3. The van der Waals surface area contributed by atoms with Gasteiger partial charge in [0.1, 0.15) is 5.75 Å². The number of esters is 1. The standard InChI is InChI=1S/C19H21NO6S/c1-13(18(21)14-8-10-16(25-4)11-9-14)26-19(22)15-6-5-7-17(12-15)27(23,24)20(2)3/h5-13H,1-4H3. The van der Waals surface area contributed by atoms with E-state index in [0.29, 0.717) is 11.3 Å². The van der Waals surface area contributed by atoms with E-state index < -0.39 is 22.1 Å². The predicted molar refractivity (Wildman–Crippen MR) is 99.5 cm³/mol. The van der Waals surface area contributed by atoms with Crippen LogP contribution in [0.5, 0.6) is 5.75 Å². The molecule has 7 nitrogen and oxygen atoms in total. The lowest BCUT2D eigenvalue weighted by molar-refractivity contribution is 0.0318. The third-order valence-corrected chi connectivity index (χ3v) is 5.69. The van der Waals surface area contributed by atoms with Crippen molar-refractivity contribution in [2.45, 2.75) is 17.9 Å². The van der Waals surface area contributed by atoms with Crippen molar-refractivity contribution >= 4 is 21.8 Å². The first-order valence-electron chi connectivity index (χ1n) is 8.08. The van der Waals surface area contributed by atoms with E-state index in [2.05, 4.69) is 0 Å². The Bertz CT molecular complexity index is 935. The van der Waals surface area contributed by atoms with Gasteiger partial charge in [-0.15, -0.1) is 0 Å². The summed E-state index contributed by atoms with van der Waals surface area (Å²) in [6, 6.07) is 11.9. The summed E-state index contributed by atoms with van der Waals surface area (Å²) in [6.45, 7) is 1.46. The fourth-order valence-electron chi connectivity index (χ4n) is 2.27. The number of rotatable bonds is 7. The Hall–Kier alpha value is -2.71. The molecule has 0 saturated carbocycles. The Morgan fingerprint density at radius 3 is 2.19 bits per heavy atom. The van der Waals surface area contributed by atoms with Crippen molar-refractivity contribution in [3.63, 3.8) is 0 Å². The van der Waals surface area contributed by atoms with E-state index in [-0.39, 0.29) is 16.2 Å². The summed E-state index contributed by atoms with van der Waals surface area (Å²) in [5.74, 6) is -0.543. The average Bonchev–Trinajstić information content (AvgIpc) is 2.67. The average molecular weight is 391 g/mol. The quantitative estimate of drug-likeness (QED) is 0.532. The summed E-state index contributed by atoms with van der Waals surface area (Å²) < 4.78 is 35.7. The molecule has 2 aromatic carbocycles. The van der Waals surface area contributed by atoms with E-state index in [0.717, 1.165) is 4.31 Å². The van der Waals surface area contributed by atoms with Crippen molar-refractivity contribution in [1.82, 2.24) is 4.31 Å². The van der Waals surface area contributed by atoms with E-state index in [9.17, 15) is 18.0 Å². The Morgan fingerprint density at radius 2 is 1.63 bits per heavy atom. The summed E-state index contributed by atoms with van der Waals surface area (Å²) in [4.78, 5) is 24.7. The van der Waals surface area contributed by atoms with Crippen molar-refractivity contribution in [1.29, 1.82) is 0 Å². The van der Waals surface area contributed by atoms with Gasteiger partial charge in [-0.3, -0.25) is 4.79 Å². The SMILES string of the molecule is COc1ccc(C(=O)C(C)OC(=O)c2cccc(S(=O)(=O)N(C)C)c2)cc1. The lowest BCUT2D eigenvalue weighted by Gasteiger charge is -2.14. The Balaban J connectivity index is 2.15. The van der Waals surface area contributed by atoms with E-state index in [4.69, 9.17) is 9.47 Å². The molecule has 0 fully saturated rings. The molecule has 0 radical (unpaired) electrons. The van der Waals surface area contributed by atoms with Gasteiger partial charge >= 0.3 is 5.97 Å². The zero-order chi connectivity index (χ0) is 20.2. The minimum atomic E-state index is -3.68. The Morgan fingerprint density at radius 1 is 1.00 bits per heavy atom. The molecule has 0 saturated heterocycles. The number of ether oxygens (including phenoxy) is 2. The summed E-state index contributed by atoms with van der Waals surface area (Å²) in [5, 5.41) is 0. The second-order valence-electron chi connectivity index (χ2n) is 5.96. The van der Waals surface area contributed by atoms with Crippen molar-refractivity contribution in [3.8, 4) is 5.75 Å². The van der Waals surface area contributed by atoms with Gasteiger partial charge in [-0.25, -0.2) is 17.5 Å². The zero-order valence-electron chi connectivity index (χ0n) is 15.5. The molecule has 27 heavy (non-hydrogen) atoms. The molecule has 144 valence electrons. The molecule has 2 aromatic rings. The van der Waals surface area contributed by atoms with Crippen LogP contribution in [0.2, 0.25) is 0 Å². The lowest BCUT2D eigenvalue weighted by atomic mass is 10.1. The van der Waals surface area contributed by atoms with Crippen molar-refractivity contribution < 1.29 is 27.5 Å². The first-order chi connectivity index (χ1) is 12.7. The molecule has 8 heteroatoms. The highest BCUT2D eigenvalue weighted by Gasteiger charge is 2.23. The molecule has 0 aliphatic rings. The first-order valence-corrected chi connectivity index (χ1v) is 9.52. The highest BCUT2D eigenvalue weighted by atomic mass is 32.2. The van der Waals surface area contributed by atoms with Gasteiger partial charge in [0, 0.05) is 19.7 Å². The molecule has 0 amide bonds. The van der Waals surface area contributed by atoms with Gasteiger partial charge in [-0.2, -0.15) is 0 Å². The molecule has 0 spiro atoms. The highest BCUT2D eigenvalue weighted by molar-refractivity contribution is 7.89. The maximum atomic E-state index is 12.4. The van der Waals surface area contributed by atoms with Gasteiger partial charge in [0.25, 0.3) is 0 Å². The molecule has 2 rings (SSSR count). The largest absolute Gasteiger partial charge is 0.497 e. The van der Waals surface area contributed by atoms with E-state index in [1.807, 2.05) is 0 Å². The lowest BCUT2D eigenvalue weighted by Crippen LogP contribution is -2.25. The summed E-state index contributed by atoms with van der Waals surface area (Å²) >= 11 is 0. The van der Waals surface area contributed by atoms with E-state index in [1.54, 1.807) is 24.3 Å². The number of carbonyl (C=O) groups is 2. The number of hydrogen-bond acceptors (Lipinski definition) is 6. The number of Topliss-reactive ketones (excluding diaryl/α,β-unsaturated/α-hetero) is 1. The van der Waals surface area contributed by atoms with Crippen LogP contribution >= 0.6 is 0 Å². The minimum Gasteiger partial charge on any atom is -0.497 e. The van der Waals surface area contributed by atoms with E-state index >= 15 is 0 Å². The van der Waals surface area contributed by atoms with Gasteiger partial charge in [-0.1, -0.05) is 6.07 Å². The normalized spacial score (nSPS) is 12.5. The van der Waals surface area contributed by atoms with Gasteiger partial charge < -0.3 is 9.47 Å². The van der Waals surface area contributed by atoms with Crippen LogP contribution in [0.1, 0.15) is 27.6 Å². The van der Waals surface area contributed by atoms with Crippen LogP contribution in [0.4, 0.5) is 0 Å². The van der Waals surface area contributed by atoms with Crippen LogP contribution in [0.15, 0.2) is 53.4 Å². The number of hydrogen-bond donors (Lipinski definition) is 0. The molecule has 1 atom stereocenters. The minimum absolute atomic E-state index is 0.0314. The molecular formula is C19H21NO6S. The fraction of sp³-hybridized carbons (Fsp3) is 0.263. The number of carbonyl (C=O) groups excluding carboxylic acids is 2. The molecule has 0 aromatic heterocycles. The molecule has 0 heterocycles. The van der Waals surface area contributed by atoms with Crippen LogP contribution in [-0.2, 0) is 14.8 Å².